The molecule has 0 aromatic carbocycles. The minimum absolute atomic E-state index is 0.308. The monoisotopic (exact) mass is 370 g/mol. The van der Waals surface area contributed by atoms with Crippen molar-refractivity contribution in [2.45, 2.75) is 49.5 Å². The smallest absolute Gasteiger partial charge is 0.321 e. The second-order valence-corrected chi connectivity index (χ2v) is 8.25. The van der Waals surface area contributed by atoms with Crippen molar-refractivity contribution in [3.8, 4) is 0 Å². The average molecular weight is 371 g/mol. The number of hydrogen-bond acceptors (Lipinski definition) is 7. The van der Waals surface area contributed by atoms with Gasteiger partial charge in [0, 0.05) is 5.92 Å². The molecule has 0 aromatic rings. The highest BCUT2D eigenvalue weighted by molar-refractivity contribution is 6.26. The first-order valence-electron chi connectivity index (χ1n) is 8.37. The summed E-state index contributed by atoms with van der Waals surface area (Å²) in [5.74, 6) is -2.75. The topological polar surface area (TPSA) is 97.9 Å². The van der Waals surface area contributed by atoms with Crippen LogP contribution in [0.4, 0.5) is 0 Å². The number of hydrogen-bond donors (Lipinski definition) is 1. The lowest BCUT2D eigenvalue weighted by Gasteiger charge is -2.54. The number of aliphatic hydroxyl groups is 1. The summed E-state index contributed by atoms with van der Waals surface area (Å²) in [6.45, 7) is 7.93. The van der Waals surface area contributed by atoms with Gasteiger partial charge in [0.25, 0.3) is 0 Å². The minimum atomic E-state index is -1.56. The van der Waals surface area contributed by atoms with E-state index in [1.165, 1.54) is 0 Å². The molecule has 3 saturated heterocycles. The lowest BCUT2D eigenvalue weighted by Crippen LogP contribution is -2.71. The molecule has 3 heterocycles. The van der Waals surface area contributed by atoms with E-state index in [-0.39, 0.29) is 12.0 Å². The fourth-order valence-electron chi connectivity index (χ4n) is 5.81. The highest BCUT2D eigenvalue weighted by Crippen LogP contribution is 2.76. The van der Waals surface area contributed by atoms with Crippen molar-refractivity contribution in [3.05, 3.63) is 12.2 Å². The van der Waals surface area contributed by atoms with Gasteiger partial charge < -0.3 is 24.1 Å². The molecule has 9 atom stereocenters. The van der Waals surface area contributed by atoms with Gasteiger partial charge >= 0.3 is 11.9 Å². The molecule has 136 valence electrons. The van der Waals surface area contributed by atoms with E-state index in [4.69, 9.17) is 30.5 Å². The molecule has 1 N–H and O–H groups in total. The summed E-state index contributed by atoms with van der Waals surface area (Å²) in [6, 6.07) is 0. The first-order valence-corrected chi connectivity index (χ1v) is 8.90. The molecule has 0 unspecified atom stereocenters. The quantitative estimate of drug-likeness (QED) is 0.327. The van der Waals surface area contributed by atoms with Crippen LogP contribution < -0.4 is 0 Å². The Morgan fingerprint density at radius 1 is 1.48 bits per heavy atom. The number of ether oxygens (including phenoxy) is 4. The molecule has 5 rings (SSSR count). The van der Waals surface area contributed by atoms with Gasteiger partial charge in [0.1, 0.15) is 35.4 Å². The number of rotatable bonds is 3. The Labute approximate surface area is 149 Å². The van der Waals surface area contributed by atoms with E-state index in [1.807, 2.05) is 0 Å². The molecule has 8 heteroatoms. The van der Waals surface area contributed by atoms with Crippen LogP contribution in [0, 0.1) is 17.3 Å². The fraction of sp³-hybridized carbons (Fsp3) is 0.765. The van der Waals surface area contributed by atoms with Crippen molar-refractivity contribution in [1.29, 1.82) is 0 Å². The lowest BCUT2D eigenvalue weighted by atomic mass is 9.52. The van der Waals surface area contributed by atoms with E-state index in [0.717, 1.165) is 0 Å². The molecular weight excluding hydrogens is 352 g/mol. The normalized spacial score (nSPS) is 56.9. The molecule has 3 aliphatic heterocycles. The summed E-state index contributed by atoms with van der Waals surface area (Å²) in [4.78, 5) is 24.7. The SMILES string of the molecule is C=C(C)[C@@H]1[C@H]2OC(=O)[C@@H]1[C@]1(O)[C@H]3O[C@H]3[C@]3(CO3)[C@]1(C)[C@@H]2OC(=O)CCl. The number of carbonyl (C=O) groups excluding carboxylic acids is 2. The maximum atomic E-state index is 12.7. The Balaban J connectivity index is 1.71. The zero-order valence-corrected chi connectivity index (χ0v) is 14.6. The number of esters is 2. The molecule has 5 fully saturated rings. The van der Waals surface area contributed by atoms with E-state index in [1.54, 1.807) is 13.8 Å². The van der Waals surface area contributed by atoms with Gasteiger partial charge in [-0.3, -0.25) is 9.59 Å². The van der Waals surface area contributed by atoms with Crippen molar-refractivity contribution in [2.24, 2.45) is 17.3 Å². The van der Waals surface area contributed by atoms with Crippen molar-refractivity contribution < 1.29 is 33.6 Å². The van der Waals surface area contributed by atoms with E-state index in [0.29, 0.717) is 12.2 Å². The number of halogens is 1. The molecule has 0 radical (unpaired) electrons. The van der Waals surface area contributed by atoms with Crippen molar-refractivity contribution in [1.82, 2.24) is 0 Å². The average Bonchev–Trinajstić information content (AvgIpc) is 3.43. The Bertz CT molecular complexity index is 718. The second-order valence-electron chi connectivity index (χ2n) is 7.98. The first kappa shape index (κ1) is 16.1. The summed E-state index contributed by atoms with van der Waals surface area (Å²) in [5.41, 5.74) is -2.66. The maximum absolute atomic E-state index is 12.7. The van der Waals surface area contributed by atoms with Crippen LogP contribution in [-0.4, -0.2) is 65.1 Å². The van der Waals surface area contributed by atoms with Gasteiger partial charge in [0.2, 0.25) is 0 Å². The molecule has 5 aliphatic rings. The molecule has 1 spiro atoms. The van der Waals surface area contributed by atoms with Gasteiger partial charge in [0.15, 0.2) is 6.10 Å². The van der Waals surface area contributed by atoms with Crippen LogP contribution in [0.5, 0.6) is 0 Å². The first-order chi connectivity index (χ1) is 11.7. The largest absolute Gasteiger partial charge is 0.457 e. The van der Waals surface area contributed by atoms with Gasteiger partial charge in [-0.1, -0.05) is 12.2 Å². The maximum Gasteiger partial charge on any atom is 0.321 e. The Kier molecular flexibility index (Phi) is 2.82. The molecule has 0 amide bonds. The summed E-state index contributed by atoms with van der Waals surface area (Å²) in [5, 5.41) is 11.8. The fourth-order valence-corrected chi connectivity index (χ4v) is 5.88. The molecule has 2 saturated carbocycles. The third-order valence-electron chi connectivity index (χ3n) is 7.05. The lowest BCUT2D eigenvalue weighted by molar-refractivity contribution is -0.241. The summed E-state index contributed by atoms with van der Waals surface area (Å²) in [7, 11) is 0. The number of carbonyl (C=O) groups is 2. The van der Waals surface area contributed by atoms with Gasteiger partial charge in [-0.2, -0.15) is 0 Å². The molecule has 2 bridgehead atoms. The van der Waals surface area contributed by atoms with Crippen LogP contribution >= 0.6 is 11.6 Å². The van der Waals surface area contributed by atoms with Crippen LogP contribution in [0.25, 0.3) is 0 Å². The van der Waals surface area contributed by atoms with Crippen LogP contribution in [0.1, 0.15) is 13.8 Å². The highest BCUT2D eigenvalue weighted by atomic mass is 35.5. The highest BCUT2D eigenvalue weighted by Gasteiger charge is 2.95. The Morgan fingerprint density at radius 2 is 2.16 bits per heavy atom. The van der Waals surface area contributed by atoms with E-state index < -0.39 is 58.7 Å². The van der Waals surface area contributed by atoms with Crippen molar-refractivity contribution >= 4 is 23.5 Å². The predicted molar refractivity (Wildman–Crippen MR) is 82.7 cm³/mol. The third-order valence-corrected chi connectivity index (χ3v) is 7.27. The molecule has 7 nitrogen and oxygen atoms in total. The van der Waals surface area contributed by atoms with E-state index in [2.05, 4.69) is 6.58 Å². The standard InChI is InChI=1S/C17H19ClO7/c1-6(2)8-9-14(20)24-10(8)11(23-7(19)4-18)15(3)16(5-22-16)12-13(25-12)17(9,15)21/h8-13,21H,1,4-5H2,2-3H3/t8-,9+,10+,11+,12+,13-,15-,16+,17-/m0/s1. The molecular formula is C17H19ClO7. The van der Waals surface area contributed by atoms with Gasteiger partial charge in [-0.15, -0.1) is 11.6 Å². The predicted octanol–water partition coefficient (Wildman–Crippen LogP) is 0.172. The van der Waals surface area contributed by atoms with Gasteiger partial charge in [0.05, 0.1) is 17.9 Å². The zero-order valence-electron chi connectivity index (χ0n) is 13.9. The van der Waals surface area contributed by atoms with Crippen molar-refractivity contribution in [3.63, 3.8) is 0 Å². The van der Waals surface area contributed by atoms with E-state index >= 15 is 0 Å². The van der Waals surface area contributed by atoms with Crippen molar-refractivity contribution in [2.75, 3.05) is 12.5 Å². The summed E-state index contributed by atoms with van der Waals surface area (Å²) >= 11 is 5.63. The minimum Gasteiger partial charge on any atom is -0.457 e. The van der Waals surface area contributed by atoms with E-state index in [9.17, 15) is 14.7 Å². The van der Waals surface area contributed by atoms with Gasteiger partial charge in [-0.05, 0) is 13.8 Å². The van der Waals surface area contributed by atoms with Gasteiger partial charge in [-0.25, -0.2) is 0 Å². The van der Waals surface area contributed by atoms with Crippen LogP contribution in [0.3, 0.4) is 0 Å². The van der Waals surface area contributed by atoms with Crippen LogP contribution in [0.2, 0.25) is 0 Å². The summed E-state index contributed by atoms with van der Waals surface area (Å²) < 4.78 is 22.7. The number of alkyl halides is 1. The second kappa shape index (κ2) is 4.39. The Morgan fingerprint density at radius 3 is 2.72 bits per heavy atom. The Hall–Kier alpha value is -1.15. The third kappa shape index (κ3) is 1.48. The van der Waals surface area contributed by atoms with Crippen LogP contribution in [-0.2, 0) is 28.5 Å². The number of fused-ring (bicyclic) bond motifs is 8. The molecule has 2 aliphatic carbocycles. The van der Waals surface area contributed by atoms with Crippen LogP contribution in [0.15, 0.2) is 12.2 Å². The number of epoxide rings is 2. The zero-order chi connectivity index (χ0) is 17.9. The molecule has 25 heavy (non-hydrogen) atoms. The summed E-state index contributed by atoms with van der Waals surface area (Å²) in [6.07, 6.45) is -2.45. The molecule has 0 aromatic heterocycles.